The molecule has 1 amide bonds. The Morgan fingerprint density at radius 1 is 1.38 bits per heavy atom. The Morgan fingerprint density at radius 2 is 2.00 bits per heavy atom. The fourth-order valence-corrected chi connectivity index (χ4v) is 3.01. The summed E-state index contributed by atoms with van der Waals surface area (Å²) in [6.07, 6.45) is 1.68. The summed E-state index contributed by atoms with van der Waals surface area (Å²) in [5, 5.41) is 0.462. The second-order valence-electron chi connectivity index (χ2n) is 7.42. The highest BCUT2D eigenvalue weighted by molar-refractivity contribution is 6.29. The van der Waals surface area contributed by atoms with Gasteiger partial charge in [0.15, 0.2) is 0 Å². The van der Waals surface area contributed by atoms with Gasteiger partial charge in [0.1, 0.15) is 10.8 Å². The van der Waals surface area contributed by atoms with Gasteiger partial charge < -0.3 is 14.5 Å². The molecule has 134 valence electrons. The van der Waals surface area contributed by atoms with Crippen molar-refractivity contribution in [3.8, 4) is 0 Å². The van der Waals surface area contributed by atoms with Gasteiger partial charge in [-0.1, -0.05) is 11.6 Å². The first-order valence-corrected chi connectivity index (χ1v) is 8.72. The van der Waals surface area contributed by atoms with E-state index in [9.17, 15) is 4.79 Å². The Balaban J connectivity index is 1.85. The molecule has 0 bridgehead atoms. The van der Waals surface area contributed by atoms with Crippen LogP contribution in [-0.2, 0) is 4.74 Å². The van der Waals surface area contributed by atoms with E-state index in [-0.39, 0.29) is 6.09 Å². The lowest BCUT2D eigenvalue weighted by atomic mass is 9.96. The van der Waals surface area contributed by atoms with Crippen LogP contribution in [-0.4, -0.2) is 53.2 Å². The van der Waals surface area contributed by atoms with Crippen molar-refractivity contribution in [2.75, 3.05) is 31.6 Å². The summed E-state index contributed by atoms with van der Waals surface area (Å²) in [5.41, 5.74) is 0.409. The van der Waals surface area contributed by atoms with Crippen molar-refractivity contribution in [3.05, 3.63) is 16.9 Å². The van der Waals surface area contributed by atoms with E-state index < -0.39 is 5.60 Å². The fraction of sp³-hybridized carbons (Fsp3) is 0.706. The largest absolute Gasteiger partial charge is 0.444 e. The number of hydrogen-bond acceptors (Lipinski definition) is 5. The highest BCUT2D eigenvalue weighted by atomic mass is 35.5. The normalized spacial score (nSPS) is 16.2. The summed E-state index contributed by atoms with van der Waals surface area (Å²) in [5.74, 6) is 1.14. The molecule has 0 spiro atoms. The number of hydrogen-bond donors (Lipinski definition) is 0. The van der Waals surface area contributed by atoms with Crippen molar-refractivity contribution in [1.29, 1.82) is 0 Å². The third kappa shape index (κ3) is 5.51. The highest BCUT2D eigenvalue weighted by Crippen LogP contribution is 2.22. The van der Waals surface area contributed by atoms with E-state index >= 15 is 0 Å². The van der Waals surface area contributed by atoms with Crippen LogP contribution in [0.5, 0.6) is 0 Å². The van der Waals surface area contributed by atoms with Gasteiger partial charge in [-0.25, -0.2) is 14.8 Å². The second-order valence-corrected chi connectivity index (χ2v) is 7.81. The number of anilines is 1. The summed E-state index contributed by atoms with van der Waals surface area (Å²) < 4.78 is 5.43. The molecule has 24 heavy (non-hydrogen) atoms. The molecule has 2 rings (SSSR count). The molecule has 0 aromatic carbocycles. The van der Waals surface area contributed by atoms with E-state index in [0.29, 0.717) is 17.0 Å². The smallest absolute Gasteiger partial charge is 0.410 e. The van der Waals surface area contributed by atoms with Crippen molar-refractivity contribution in [2.45, 2.75) is 46.1 Å². The number of carbonyl (C=O) groups is 1. The van der Waals surface area contributed by atoms with Gasteiger partial charge >= 0.3 is 6.09 Å². The number of nitrogens with zero attached hydrogens (tertiary/aromatic N) is 4. The monoisotopic (exact) mass is 354 g/mol. The Labute approximate surface area is 149 Å². The molecule has 0 radical (unpaired) electrons. The summed E-state index contributed by atoms with van der Waals surface area (Å²) in [6.45, 7) is 9.87. The van der Waals surface area contributed by atoms with Crippen molar-refractivity contribution in [2.24, 2.45) is 5.92 Å². The van der Waals surface area contributed by atoms with E-state index in [1.54, 1.807) is 11.0 Å². The topological polar surface area (TPSA) is 58.6 Å². The number of likely N-dealkylation sites (tertiary alicyclic amines) is 1. The molecule has 1 aliphatic heterocycles. The standard InChI is InChI=1S/C17H27ClN4O2/c1-12-10-14(18)20-15(19-12)21(5)11-13-6-8-22(9-7-13)16(23)24-17(2,3)4/h10,13H,6-9,11H2,1-5H3. The molecule has 0 atom stereocenters. The minimum absolute atomic E-state index is 0.219. The second kappa shape index (κ2) is 7.55. The lowest BCUT2D eigenvalue weighted by Crippen LogP contribution is -2.43. The molecule has 0 aliphatic carbocycles. The van der Waals surface area contributed by atoms with Crippen LogP contribution in [0.25, 0.3) is 0 Å². The van der Waals surface area contributed by atoms with Crippen LogP contribution in [0.1, 0.15) is 39.3 Å². The minimum Gasteiger partial charge on any atom is -0.444 e. The number of halogens is 1. The molecule has 0 unspecified atom stereocenters. The molecule has 2 heterocycles. The predicted molar refractivity (Wildman–Crippen MR) is 95.6 cm³/mol. The number of amides is 1. The van der Waals surface area contributed by atoms with Crippen LogP contribution in [0.15, 0.2) is 6.07 Å². The van der Waals surface area contributed by atoms with Crippen LogP contribution in [0.2, 0.25) is 5.15 Å². The summed E-state index contributed by atoms with van der Waals surface area (Å²) in [6, 6.07) is 1.75. The predicted octanol–water partition coefficient (Wildman–Crippen LogP) is 3.52. The fourth-order valence-electron chi connectivity index (χ4n) is 2.78. The average molecular weight is 355 g/mol. The molecule has 0 N–H and O–H groups in total. The maximum atomic E-state index is 12.1. The molecular formula is C17H27ClN4O2. The SMILES string of the molecule is Cc1cc(Cl)nc(N(C)CC2CCN(C(=O)OC(C)(C)C)CC2)n1. The van der Waals surface area contributed by atoms with Gasteiger partial charge in [0.2, 0.25) is 5.95 Å². The van der Waals surface area contributed by atoms with E-state index in [2.05, 4.69) is 9.97 Å². The lowest BCUT2D eigenvalue weighted by molar-refractivity contribution is 0.0186. The van der Waals surface area contributed by atoms with Gasteiger partial charge in [0.25, 0.3) is 0 Å². The quantitative estimate of drug-likeness (QED) is 0.777. The summed E-state index contributed by atoms with van der Waals surface area (Å²) in [7, 11) is 1.98. The van der Waals surface area contributed by atoms with Crippen LogP contribution in [0.4, 0.5) is 10.7 Å². The number of rotatable bonds is 3. The molecule has 0 saturated carbocycles. The Kier molecular flexibility index (Phi) is 5.91. The molecule has 1 aromatic rings. The van der Waals surface area contributed by atoms with E-state index in [1.165, 1.54) is 0 Å². The molecule has 1 aliphatic rings. The number of aromatic nitrogens is 2. The number of aryl methyl sites for hydroxylation is 1. The van der Waals surface area contributed by atoms with Gasteiger partial charge in [-0.3, -0.25) is 0 Å². The van der Waals surface area contributed by atoms with E-state index in [4.69, 9.17) is 16.3 Å². The molecule has 1 saturated heterocycles. The van der Waals surface area contributed by atoms with Crippen LogP contribution in [0.3, 0.4) is 0 Å². The lowest BCUT2D eigenvalue weighted by Gasteiger charge is -2.34. The van der Waals surface area contributed by atoms with E-state index in [0.717, 1.165) is 38.2 Å². The minimum atomic E-state index is -0.448. The highest BCUT2D eigenvalue weighted by Gasteiger charge is 2.27. The zero-order chi connectivity index (χ0) is 17.9. The first-order valence-electron chi connectivity index (χ1n) is 8.34. The third-order valence-electron chi connectivity index (χ3n) is 3.95. The summed E-state index contributed by atoms with van der Waals surface area (Å²) >= 11 is 6.01. The molecular weight excluding hydrogens is 328 g/mol. The van der Waals surface area contributed by atoms with Crippen LogP contribution >= 0.6 is 11.6 Å². The van der Waals surface area contributed by atoms with Crippen LogP contribution in [0, 0.1) is 12.8 Å². The molecule has 6 nitrogen and oxygen atoms in total. The number of ether oxygens (including phenoxy) is 1. The first-order chi connectivity index (χ1) is 11.1. The third-order valence-corrected chi connectivity index (χ3v) is 4.14. The van der Waals surface area contributed by atoms with Gasteiger partial charge in [-0.2, -0.15) is 0 Å². The van der Waals surface area contributed by atoms with Gasteiger partial charge in [0.05, 0.1) is 0 Å². The van der Waals surface area contributed by atoms with Gasteiger partial charge in [-0.15, -0.1) is 0 Å². The zero-order valence-electron chi connectivity index (χ0n) is 15.2. The zero-order valence-corrected chi connectivity index (χ0v) is 15.9. The maximum absolute atomic E-state index is 12.1. The van der Waals surface area contributed by atoms with E-state index in [1.807, 2.05) is 39.6 Å². The molecule has 7 heteroatoms. The summed E-state index contributed by atoms with van der Waals surface area (Å²) in [4.78, 5) is 24.6. The van der Waals surface area contributed by atoms with Gasteiger partial charge in [0, 0.05) is 32.4 Å². The van der Waals surface area contributed by atoms with Crippen molar-refractivity contribution < 1.29 is 9.53 Å². The number of carbonyl (C=O) groups excluding carboxylic acids is 1. The Morgan fingerprint density at radius 3 is 2.54 bits per heavy atom. The number of piperidine rings is 1. The average Bonchev–Trinajstić information content (AvgIpc) is 2.45. The first kappa shape index (κ1) is 18.8. The van der Waals surface area contributed by atoms with Crippen molar-refractivity contribution in [3.63, 3.8) is 0 Å². The maximum Gasteiger partial charge on any atom is 0.410 e. The Hall–Kier alpha value is -1.56. The van der Waals surface area contributed by atoms with Crippen molar-refractivity contribution >= 4 is 23.6 Å². The van der Waals surface area contributed by atoms with Crippen molar-refractivity contribution in [1.82, 2.24) is 14.9 Å². The molecule has 1 fully saturated rings. The molecule has 1 aromatic heterocycles. The Bertz CT molecular complexity index is 560. The van der Waals surface area contributed by atoms with Gasteiger partial charge in [-0.05, 0) is 52.5 Å². The van der Waals surface area contributed by atoms with Crippen LogP contribution < -0.4 is 4.90 Å².